The van der Waals surface area contributed by atoms with E-state index in [0.717, 1.165) is 36.4 Å². The summed E-state index contributed by atoms with van der Waals surface area (Å²) in [5, 5.41) is 5.70. The number of carbonyl (C=O) groups is 2. The van der Waals surface area contributed by atoms with Gasteiger partial charge in [-0.2, -0.15) is 18.2 Å². The Morgan fingerprint density at radius 3 is 2.42 bits per heavy atom. The van der Waals surface area contributed by atoms with Gasteiger partial charge in [0.2, 0.25) is 5.82 Å². The van der Waals surface area contributed by atoms with Gasteiger partial charge in [0, 0.05) is 11.6 Å². The molecular weight excluding hydrogens is 429 g/mol. The van der Waals surface area contributed by atoms with Crippen molar-refractivity contribution < 1.29 is 40.8 Å². The molecule has 0 spiro atoms. The third-order valence-electron chi connectivity index (χ3n) is 3.86. The lowest BCUT2D eigenvalue weighted by molar-refractivity contribution is -0.144. The Balaban J connectivity index is 1.51. The van der Waals surface area contributed by atoms with Gasteiger partial charge in [-0.15, -0.1) is 0 Å². The van der Waals surface area contributed by atoms with Crippen LogP contribution >= 0.6 is 0 Å². The van der Waals surface area contributed by atoms with Gasteiger partial charge in [0.1, 0.15) is 18.2 Å². The van der Waals surface area contributed by atoms with Crippen LogP contribution in [-0.2, 0) is 22.3 Å². The average molecular weight is 441 g/mol. The van der Waals surface area contributed by atoms with Crippen molar-refractivity contribution >= 4 is 11.9 Å². The molecule has 1 amide bonds. The fourth-order valence-electron chi connectivity index (χ4n) is 2.35. The fourth-order valence-corrected chi connectivity index (χ4v) is 2.35. The molecule has 0 saturated heterocycles. The second-order valence-electron chi connectivity index (χ2n) is 6.05. The molecule has 1 heterocycles. The van der Waals surface area contributed by atoms with Crippen LogP contribution in [0, 0.1) is 11.6 Å². The molecule has 0 aliphatic rings. The Morgan fingerprint density at radius 2 is 1.77 bits per heavy atom. The third kappa shape index (κ3) is 5.62. The molecule has 0 aliphatic carbocycles. The molecule has 0 saturated carbocycles. The highest BCUT2D eigenvalue weighted by Gasteiger charge is 2.30. The molecule has 0 aliphatic heterocycles. The summed E-state index contributed by atoms with van der Waals surface area (Å²) >= 11 is 0. The van der Waals surface area contributed by atoms with Crippen LogP contribution in [0.3, 0.4) is 0 Å². The normalized spacial score (nSPS) is 11.3. The first-order chi connectivity index (χ1) is 14.6. The number of halogens is 5. The van der Waals surface area contributed by atoms with Crippen LogP contribution in [0.5, 0.6) is 0 Å². The maximum Gasteiger partial charge on any atom is 0.416 e. The first kappa shape index (κ1) is 21.9. The van der Waals surface area contributed by atoms with Crippen LogP contribution in [0.1, 0.15) is 21.8 Å². The van der Waals surface area contributed by atoms with Crippen LogP contribution in [0.2, 0.25) is 0 Å². The van der Waals surface area contributed by atoms with Gasteiger partial charge in [-0.05, 0) is 24.3 Å². The molecule has 0 fully saturated rings. The lowest BCUT2D eigenvalue weighted by atomic mass is 10.1. The Labute approximate surface area is 170 Å². The molecule has 12 heteroatoms. The Kier molecular flexibility index (Phi) is 6.28. The van der Waals surface area contributed by atoms with Gasteiger partial charge in [-0.25, -0.2) is 8.78 Å². The summed E-state index contributed by atoms with van der Waals surface area (Å²) in [6.45, 7) is -1.08. The summed E-state index contributed by atoms with van der Waals surface area (Å²) in [5.41, 5.74) is -1.04. The molecule has 162 valence electrons. The highest BCUT2D eigenvalue weighted by Crippen LogP contribution is 2.30. The summed E-state index contributed by atoms with van der Waals surface area (Å²) in [6, 6.07) is 6.38. The van der Waals surface area contributed by atoms with E-state index in [0.29, 0.717) is 6.07 Å². The first-order valence-electron chi connectivity index (χ1n) is 8.52. The maximum absolute atomic E-state index is 13.5. The van der Waals surface area contributed by atoms with Crippen molar-refractivity contribution in [2.24, 2.45) is 0 Å². The van der Waals surface area contributed by atoms with E-state index in [1.807, 2.05) is 0 Å². The number of esters is 1. The van der Waals surface area contributed by atoms with Crippen LogP contribution < -0.4 is 5.32 Å². The number of nitrogens with one attached hydrogen (secondary N) is 1. The molecule has 2 aromatic carbocycles. The van der Waals surface area contributed by atoms with Crippen molar-refractivity contribution in [3.05, 3.63) is 71.1 Å². The topological polar surface area (TPSA) is 94.3 Å². The van der Waals surface area contributed by atoms with E-state index in [-0.39, 0.29) is 17.3 Å². The number of rotatable bonds is 6. The van der Waals surface area contributed by atoms with Crippen LogP contribution in [0.15, 0.2) is 47.0 Å². The number of aromatic nitrogens is 2. The smallest absolute Gasteiger partial charge is 0.416 e. The molecular formula is C19H12F5N3O4. The molecule has 1 N–H and O–H groups in total. The van der Waals surface area contributed by atoms with Gasteiger partial charge in [-0.1, -0.05) is 17.3 Å². The van der Waals surface area contributed by atoms with E-state index in [1.54, 1.807) is 0 Å². The number of hydrogen-bond acceptors (Lipinski definition) is 6. The highest BCUT2D eigenvalue weighted by atomic mass is 19.4. The van der Waals surface area contributed by atoms with Crippen molar-refractivity contribution in [2.75, 3.05) is 6.54 Å². The molecule has 0 atom stereocenters. The molecule has 0 unspecified atom stereocenters. The van der Waals surface area contributed by atoms with Gasteiger partial charge in [0.15, 0.2) is 6.61 Å². The zero-order valence-electron chi connectivity index (χ0n) is 15.4. The minimum Gasteiger partial charge on any atom is -0.454 e. The summed E-state index contributed by atoms with van der Waals surface area (Å²) in [7, 11) is 0. The summed E-state index contributed by atoms with van der Waals surface area (Å²) in [5.74, 6) is -3.96. The van der Waals surface area contributed by atoms with Gasteiger partial charge in [0.05, 0.1) is 11.1 Å². The van der Waals surface area contributed by atoms with Crippen LogP contribution in [0.4, 0.5) is 22.0 Å². The van der Waals surface area contributed by atoms with Crippen molar-refractivity contribution in [1.82, 2.24) is 15.5 Å². The number of amides is 1. The Bertz CT molecular complexity index is 1100. The monoisotopic (exact) mass is 441 g/mol. The van der Waals surface area contributed by atoms with Crippen LogP contribution in [0.25, 0.3) is 11.4 Å². The molecule has 1 aromatic heterocycles. The van der Waals surface area contributed by atoms with Gasteiger partial charge in [0.25, 0.3) is 11.8 Å². The largest absolute Gasteiger partial charge is 0.454 e. The van der Waals surface area contributed by atoms with E-state index in [4.69, 9.17) is 9.26 Å². The zero-order chi connectivity index (χ0) is 22.6. The lowest BCUT2D eigenvalue weighted by Gasteiger charge is -2.06. The van der Waals surface area contributed by atoms with Crippen LogP contribution in [-0.4, -0.2) is 28.6 Å². The third-order valence-corrected chi connectivity index (χ3v) is 3.86. The number of carbonyl (C=O) groups excluding carboxylic acids is 2. The second kappa shape index (κ2) is 8.90. The molecule has 3 rings (SSSR count). The Hall–Kier alpha value is -3.83. The predicted molar refractivity (Wildman–Crippen MR) is 93.2 cm³/mol. The quantitative estimate of drug-likeness (QED) is 0.465. The standard InChI is InChI=1S/C19H12F5N3O4/c20-12-5-6-13(14(21)7-12)18(29)25-8-16(28)30-9-15-26-17(27-31-15)10-1-3-11(4-2-10)19(22,23)24/h1-7H,8-9H2,(H,25,29). The van der Waals surface area contributed by atoms with E-state index >= 15 is 0 Å². The summed E-state index contributed by atoms with van der Waals surface area (Å²) in [4.78, 5) is 27.4. The average Bonchev–Trinajstić information content (AvgIpc) is 3.19. The van der Waals surface area contributed by atoms with Crippen molar-refractivity contribution in [3.8, 4) is 11.4 Å². The summed E-state index contributed by atoms with van der Waals surface area (Å²) in [6.07, 6.45) is -4.48. The van der Waals surface area contributed by atoms with E-state index in [9.17, 15) is 31.5 Å². The van der Waals surface area contributed by atoms with Gasteiger partial charge < -0.3 is 14.6 Å². The first-order valence-corrected chi connectivity index (χ1v) is 8.52. The number of nitrogens with zero attached hydrogens (tertiary/aromatic N) is 2. The summed E-state index contributed by atoms with van der Waals surface area (Å²) < 4.78 is 73.8. The van der Waals surface area contributed by atoms with Crippen molar-refractivity contribution in [2.45, 2.75) is 12.8 Å². The van der Waals surface area contributed by atoms with Gasteiger partial charge >= 0.3 is 12.1 Å². The highest BCUT2D eigenvalue weighted by molar-refractivity contribution is 5.96. The van der Waals surface area contributed by atoms with Crippen molar-refractivity contribution in [3.63, 3.8) is 0 Å². The molecule has 3 aromatic rings. The number of hydrogen-bond donors (Lipinski definition) is 1. The molecule has 7 nitrogen and oxygen atoms in total. The molecule has 0 radical (unpaired) electrons. The maximum atomic E-state index is 13.5. The minimum absolute atomic E-state index is 0.0140. The number of ether oxygens (including phenoxy) is 1. The molecule has 0 bridgehead atoms. The van der Waals surface area contributed by atoms with E-state index in [2.05, 4.69) is 15.5 Å². The number of benzene rings is 2. The predicted octanol–water partition coefficient (Wildman–Crippen LogP) is 3.51. The lowest BCUT2D eigenvalue weighted by Crippen LogP contribution is -2.31. The molecule has 31 heavy (non-hydrogen) atoms. The Morgan fingerprint density at radius 1 is 1.06 bits per heavy atom. The zero-order valence-corrected chi connectivity index (χ0v) is 15.4. The van der Waals surface area contributed by atoms with Gasteiger partial charge in [-0.3, -0.25) is 9.59 Å². The minimum atomic E-state index is -4.48. The van der Waals surface area contributed by atoms with E-state index < -0.39 is 54.0 Å². The van der Waals surface area contributed by atoms with E-state index in [1.165, 1.54) is 0 Å². The SMILES string of the molecule is O=C(CNC(=O)c1ccc(F)cc1F)OCc1nc(-c2ccc(C(F)(F)F)cc2)no1. The fraction of sp³-hybridized carbons (Fsp3) is 0.158. The second-order valence-corrected chi connectivity index (χ2v) is 6.05. The van der Waals surface area contributed by atoms with Crippen molar-refractivity contribution in [1.29, 1.82) is 0 Å². The number of alkyl halides is 3.